The number of hydrogen-bond donors (Lipinski definition) is 0. The number of alkyl halides is 1. The molecule has 0 N–H and O–H groups in total. The standard InChI is InChI=1S/C13H15ClN2O2/c1-9(2)17-8-11-15-16-13(18-11)12(14)10-6-4-3-5-7-10/h3-7,9,12H,8H2,1-2H3. The summed E-state index contributed by atoms with van der Waals surface area (Å²) in [6.07, 6.45) is 0.126. The number of ether oxygens (including phenoxy) is 1. The van der Waals surface area contributed by atoms with E-state index < -0.39 is 5.38 Å². The summed E-state index contributed by atoms with van der Waals surface area (Å²) in [4.78, 5) is 0. The Morgan fingerprint density at radius 2 is 1.94 bits per heavy atom. The minimum absolute atomic E-state index is 0.126. The van der Waals surface area contributed by atoms with Crippen LogP contribution in [0.3, 0.4) is 0 Å². The van der Waals surface area contributed by atoms with Crippen molar-refractivity contribution in [2.45, 2.75) is 31.9 Å². The molecule has 2 aromatic rings. The number of aromatic nitrogens is 2. The second-order valence-corrected chi connectivity index (χ2v) is 4.60. The van der Waals surface area contributed by atoms with Gasteiger partial charge in [0.2, 0.25) is 11.8 Å². The van der Waals surface area contributed by atoms with Crippen LogP contribution in [-0.4, -0.2) is 16.3 Å². The maximum absolute atomic E-state index is 6.27. The molecular weight excluding hydrogens is 252 g/mol. The van der Waals surface area contributed by atoms with Crippen molar-refractivity contribution < 1.29 is 9.15 Å². The molecule has 1 aromatic heterocycles. The first kappa shape index (κ1) is 13.1. The van der Waals surface area contributed by atoms with E-state index in [0.717, 1.165) is 5.56 Å². The zero-order chi connectivity index (χ0) is 13.0. The third-order valence-electron chi connectivity index (χ3n) is 2.33. The van der Waals surface area contributed by atoms with Crippen molar-refractivity contribution >= 4 is 11.6 Å². The van der Waals surface area contributed by atoms with Crippen molar-refractivity contribution in [3.63, 3.8) is 0 Å². The summed E-state index contributed by atoms with van der Waals surface area (Å²) in [7, 11) is 0. The highest BCUT2D eigenvalue weighted by atomic mass is 35.5. The first-order valence-corrected chi connectivity index (χ1v) is 6.23. The minimum atomic E-state index is -0.425. The fourth-order valence-corrected chi connectivity index (χ4v) is 1.66. The number of nitrogens with zero attached hydrogens (tertiary/aromatic N) is 2. The van der Waals surface area contributed by atoms with E-state index in [-0.39, 0.29) is 6.10 Å². The fourth-order valence-electron chi connectivity index (χ4n) is 1.43. The van der Waals surface area contributed by atoms with Crippen molar-refractivity contribution in [1.82, 2.24) is 10.2 Å². The molecule has 1 heterocycles. The predicted octanol–water partition coefficient (Wildman–Crippen LogP) is 3.32. The van der Waals surface area contributed by atoms with Gasteiger partial charge in [-0.25, -0.2) is 0 Å². The molecule has 0 aliphatic rings. The smallest absolute Gasteiger partial charge is 0.242 e. The van der Waals surface area contributed by atoms with Gasteiger partial charge in [-0.15, -0.1) is 21.8 Å². The Hall–Kier alpha value is -1.39. The molecule has 1 unspecified atom stereocenters. The molecule has 5 heteroatoms. The lowest BCUT2D eigenvalue weighted by molar-refractivity contribution is 0.0511. The molecule has 0 aliphatic heterocycles. The van der Waals surface area contributed by atoms with Crippen LogP contribution in [0.15, 0.2) is 34.7 Å². The van der Waals surface area contributed by atoms with Gasteiger partial charge in [0.1, 0.15) is 12.0 Å². The van der Waals surface area contributed by atoms with Gasteiger partial charge in [0, 0.05) is 0 Å². The maximum atomic E-state index is 6.27. The molecule has 0 radical (unpaired) electrons. The van der Waals surface area contributed by atoms with Crippen molar-refractivity contribution in [2.75, 3.05) is 0 Å². The lowest BCUT2D eigenvalue weighted by Crippen LogP contribution is -2.02. The molecule has 0 aliphatic carbocycles. The molecule has 0 spiro atoms. The highest BCUT2D eigenvalue weighted by molar-refractivity contribution is 6.22. The third kappa shape index (κ3) is 3.31. The predicted molar refractivity (Wildman–Crippen MR) is 68.4 cm³/mol. The van der Waals surface area contributed by atoms with Gasteiger partial charge >= 0.3 is 0 Å². The van der Waals surface area contributed by atoms with E-state index in [0.29, 0.717) is 18.4 Å². The molecule has 0 saturated carbocycles. The zero-order valence-corrected chi connectivity index (χ0v) is 11.1. The van der Waals surface area contributed by atoms with Crippen molar-refractivity contribution in [3.05, 3.63) is 47.7 Å². The van der Waals surface area contributed by atoms with Crippen LogP contribution < -0.4 is 0 Å². The summed E-state index contributed by atoms with van der Waals surface area (Å²) >= 11 is 6.27. The fraction of sp³-hybridized carbons (Fsp3) is 0.385. The van der Waals surface area contributed by atoms with Gasteiger partial charge < -0.3 is 9.15 Å². The summed E-state index contributed by atoms with van der Waals surface area (Å²) in [5.41, 5.74) is 0.930. The topological polar surface area (TPSA) is 48.2 Å². The Morgan fingerprint density at radius 3 is 2.61 bits per heavy atom. The van der Waals surface area contributed by atoms with Crippen LogP contribution in [0, 0.1) is 0 Å². The van der Waals surface area contributed by atoms with Gasteiger partial charge in [0.25, 0.3) is 0 Å². The molecule has 1 aromatic carbocycles. The molecule has 18 heavy (non-hydrogen) atoms. The summed E-state index contributed by atoms with van der Waals surface area (Å²) in [6, 6.07) is 9.62. The molecule has 0 amide bonds. The van der Waals surface area contributed by atoms with Crippen LogP contribution in [0.1, 0.15) is 36.6 Å². The maximum Gasteiger partial charge on any atom is 0.242 e. The Kier molecular flexibility index (Phi) is 4.33. The van der Waals surface area contributed by atoms with E-state index in [1.807, 2.05) is 44.2 Å². The van der Waals surface area contributed by atoms with E-state index in [2.05, 4.69) is 10.2 Å². The second-order valence-electron chi connectivity index (χ2n) is 4.17. The van der Waals surface area contributed by atoms with Crippen LogP contribution in [0.25, 0.3) is 0 Å². The van der Waals surface area contributed by atoms with Gasteiger partial charge in [0.15, 0.2) is 0 Å². The Labute approximate surface area is 111 Å². The van der Waals surface area contributed by atoms with Crippen LogP contribution in [-0.2, 0) is 11.3 Å². The summed E-state index contributed by atoms with van der Waals surface area (Å²) in [5.74, 6) is 0.838. The number of hydrogen-bond acceptors (Lipinski definition) is 4. The van der Waals surface area contributed by atoms with Crippen LogP contribution in [0.2, 0.25) is 0 Å². The van der Waals surface area contributed by atoms with E-state index in [1.165, 1.54) is 0 Å². The lowest BCUT2D eigenvalue weighted by atomic mass is 10.1. The van der Waals surface area contributed by atoms with Gasteiger partial charge in [0.05, 0.1) is 6.10 Å². The van der Waals surface area contributed by atoms with Crippen molar-refractivity contribution in [3.8, 4) is 0 Å². The Bertz CT molecular complexity index is 485. The SMILES string of the molecule is CC(C)OCc1nnc(C(Cl)c2ccccc2)o1. The zero-order valence-electron chi connectivity index (χ0n) is 10.3. The molecule has 2 rings (SSSR count). The monoisotopic (exact) mass is 266 g/mol. The van der Waals surface area contributed by atoms with Gasteiger partial charge in [-0.1, -0.05) is 30.3 Å². The van der Waals surface area contributed by atoms with Gasteiger partial charge in [-0.3, -0.25) is 0 Å². The summed E-state index contributed by atoms with van der Waals surface area (Å²) in [5, 5.41) is 7.43. The minimum Gasteiger partial charge on any atom is -0.421 e. The van der Waals surface area contributed by atoms with Crippen molar-refractivity contribution in [1.29, 1.82) is 0 Å². The number of benzene rings is 1. The van der Waals surface area contributed by atoms with Crippen LogP contribution >= 0.6 is 11.6 Å². The molecule has 96 valence electrons. The molecule has 1 atom stereocenters. The number of halogens is 1. The van der Waals surface area contributed by atoms with Gasteiger partial charge in [-0.2, -0.15) is 0 Å². The van der Waals surface area contributed by atoms with E-state index in [9.17, 15) is 0 Å². The Morgan fingerprint density at radius 1 is 1.22 bits per heavy atom. The van der Waals surface area contributed by atoms with E-state index in [4.69, 9.17) is 20.8 Å². The quantitative estimate of drug-likeness (QED) is 0.779. The average Bonchev–Trinajstić information content (AvgIpc) is 2.85. The molecule has 0 fully saturated rings. The Balaban J connectivity index is 2.06. The third-order valence-corrected chi connectivity index (χ3v) is 2.77. The number of rotatable bonds is 5. The van der Waals surface area contributed by atoms with Crippen molar-refractivity contribution in [2.24, 2.45) is 0 Å². The van der Waals surface area contributed by atoms with Crippen LogP contribution in [0.4, 0.5) is 0 Å². The lowest BCUT2D eigenvalue weighted by Gasteiger charge is -2.05. The largest absolute Gasteiger partial charge is 0.421 e. The average molecular weight is 267 g/mol. The second kappa shape index (κ2) is 5.98. The van der Waals surface area contributed by atoms with Crippen LogP contribution in [0.5, 0.6) is 0 Å². The molecule has 4 nitrogen and oxygen atoms in total. The molecular formula is C13H15ClN2O2. The van der Waals surface area contributed by atoms with Gasteiger partial charge in [-0.05, 0) is 19.4 Å². The summed E-state index contributed by atoms with van der Waals surface area (Å²) < 4.78 is 10.9. The van der Waals surface area contributed by atoms with E-state index in [1.54, 1.807) is 0 Å². The normalized spacial score (nSPS) is 12.9. The first-order valence-electron chi connectivity index (χ1n) is 5.79. The highest BCUT2D eigenvalue weighted by Crippen LogP contribution is 2.27. The molecule has 0 bridgehead atoms. The molecule has 0 saturated heterocycles. The summed E-state index contributed by atoms with van der Waals surface area (Å²) in [6.45, 7) is 4.21. The highest BCUT2D eigenvalue weighted by Gasteiger charge is 2.17. The van der Waals surface area contributed by atoms with E-state index >= 15 is 0 Å². The first-order chi connectivity index (χ1) is 8.66.